The molecule has 0 spiro atoms. The van der Waals surface area contributed by atoms with Crippen LogP contribution in [0.3, 0.4) is 0 Å². The molecule has 1 amide bonds. The standard InChI is InChI=1S/C26H26N2O3/c29-25(27-23-15-16-28(18-23)17-20-7-3-1-4-8-20)19-31-24-13-11-22(12-14-24)26(30)21-9-5-2-6-10-21/h1-14,23H,15-19H2,(H,27,29). The number of rotatable bonds is 8. The molecule has 1 unspecified atom stereocenters. The number of amides is 1. The summed E-state index contributed by atoms with van der Waals surface area (Å²) >= 11 is 0. The zero-order chi connectivity index (χ0) is 21.5. The van der Waals surface area contributed by atoms with Gasteiger partial charge in [-0.05, 0) is 36.2 Å². The van der Waals surface area contributed by atoms with Crippen LogP contribution in [0.2, 0.25) is 0 Å². The Labute approximate surface area is 182 Å². The van der Waals surface area contributed by atoms with Crippen LogP contribution in [0.5, 0.6) is 5.75 Å². The number of ketones is 1. The molecule has 0 aromatic heterocycles. The molecule has 4 rings (SSSR count). The molecule has 0 radical (unpaired) electrons. The molecule has 1 N–H and O–H groups in total. The Bertz CT molecular complexity index is 1000. The lowest BCUT2D eigenvalue weighted by Crippen LogP contribution is -2.39. The Hall–Kier alpha value is -3.44. The summed E-state index contributed by atoms with van der Waals surface area (Å²) in [5.41, 5.74) is 2.52. The molecule has 3 aromatic rings. The van der Waals surface area contributed by atoms with Crippen molar-refractivity contribution in [3.05, 3.63) is 102 Å². The first-order chi connectivity index (χ1) is 15.2. The molecule has 1 aliphatic rings. The predicted molar refractivity (Wildman–Crippen MR) is 120 cm³/mol. The lowest BCUT2D eigenvalue weighted by atomic mass is 10.0. The maximum atomic E-state index is 12.4. The Morgan fingerprint density at radius 1 is 0.871 bits per heavy atom. The SMILES string of the molecule is O=C(COc1ccc(C(=O)c2ccccc2)cc1)NC1CCN(Cc2ccccc2)C1. The Kier molecular flexibility index (Phi) is 6.75. The summed E-state index contributed by atoms with van der Waals surface area (Å²) in [5, 5.41) is 3.06. The van der Waals surface area contributed by atoms with Gasteiger partial charge in [-0.15, -0.1) is 0 Å². The molecule has 1 fully saturated rings. The minimum atomic E-state index is -0.129. The van der Waals surface area contributed by atoms with E-state index in [-0.39, 0.29) is 24.3 Å². The number of nitrogens with zero attached hydrogens (tertiary/aromatic N) is 1. The number of hydrogen-bond donors (Lipinski definition) is 1. The summed E-state index contributed by atoms with van der Waals surface area (Å²) in [5.74, 6) is 0.402. The molecule has 1 heterocycles. The fourth-order valence-corrected chi connectivity index (χ4v) is 3.81. The van der Waals surface area contributed by atoms with Crippen molar-refractivity contribution in [2.45, 2.75) is 19.0 Å². The van der Waals surface area contributed by atoms with Gasteiger partial charge < -0.3 is 10.1 Å². The molecule has 0 bridgehead atoms. The fraction of sp³-hybridized carbons (Fsp3) is 0.231. The highest BCUT2D eigenvalue weighted by Crippen LogP contribution is 2.16. The molecule has 0 saturated carbocycles. The van der Waals surface area contributed by atoms with Gasteiger partial charge in [0.25, 0.3) is 5.91 Å². The molecule has 1 saturated heterocycles. The smallest absolute Gasteiger partial charge is 0.258 e. The number of benzene rings is 3. The van der Waals surface area contributed by atoms with Crippen molar-refractivity contribution >= 4 is 11.7 Å². The van der Waals surface area contributed by atoms with E-state index in [0.717, 1.165) is 26.1 Å². The van der Waals surface area contributed by atoms with Crippen molar-refractivity contribution in [1.82, 2.24) is 10.2 Å². The number of ether oxygens (including phenoxy) is 1. The van der Waals surface area contributed by atoms with Crippen molar-refractivity contribution in [3.8, 4) is 5.75 Å². The van der Waals surface area contributed by atoms with Gasteiger partial charge in [0.05, 0.1) is 0 Å². The Balaban J connectivity index is 1.21. The minimum absolute atomic E-state index is 0.0359. The van der Waals surface area contributed by atoms with Gasteiger partial charge >= 0.3 is 0 Å². The van der Waals surface area contributed by atoms with Crippen molar-refractivity contribution in [3.63, 3.8) is 0 Å². The first kappa shape index (κ1) is 20.8. The molecule has 1 aliphatic heterocycles. The molecule has 5 nitrogen and oxygen atoms in total. The van der Waals surface area contributed by atoms with Gasteiger partial charge in [-0.1, -0.05) is 60.7 Å². The third kappa shape index (κ3) is 5.80. The largest absolute Gasteiger partial charge is 0.484 e. The zero-order valence-corrected chi connectivity index (χ0v) is 17.4. The van der Waals surface area contributed by atoms with Crippen molar-refractivity contribution in [2.24, 2.45) is 0 Å². The third-order valence-corrected chi connectivity index (χ3v) is 5.41. The molecule has 31 heavy (non-hydrogen) atoms. The normalized spacial score (nSPS) is 16.1. The Morgan fingerprint density at radius 2 is 1.52 bits per heavy atom. The van der Waals surface area contributed by atoms with Crippen LogP contribution in [-0.4, -0.2) is 42.3 Å². The summed E-state index contributed by atoms with van der Waals surface area (Å²) in [4.78, 5) is 27.1. The van der Waals surface area contributed by atoms with Crippen LogP contribution in [0.15, 0.2) is 84.9 Å². The number of hydrogen-bond acceptors (Lipinski definition) is 4. The van der Waals surface area contributed by atoms with Gasteiger partial charge in [0.2, 0.25) is 0 Å². The molecule has 3 aromatic carbocycles. The second kappa shape index (κ2) is 10.0. The summed E-state index contributed by atoms with van der Waals surface area (Å²) in [6.45, 7) is 2.67. The third-order valence-electron chi connectivity index (χ3n) is 5.41. The molecular weight excluding hydrogens is 388 g/mol. The fourth-order valence-electron chi connectivity index (χ4n) is 3.81. The van der Waals surface area contributed by atoms with Crippen LogP contribution in [0, 0.1) is 0 Å². The maximum Gasteiger partial charge on any atom is 0.258 e. The number of carbonyl (C=O) groups excluding carboxylic acids is 2. The van der Waals surface area contributed by atoms with Crippen LogP contribution in [0.25, 0.3) is 0 Å². The predicted octanol–water partition coefficient (Wildman–Crippen LogP) is 3.69. The highest BCUT2D eigenvalue weighted by atomic mass is 16.5. The lowest BCUT2D eigenvalue weighted by Gasteiger charge is -2.17. The quantitative estimate of drug-likeness (QED) is 0.571. The average Bonchev–Trinajstić information content (AvgIpc) is 3.25. The highest BCUT2D eigenvalue weighted by Gasteiger charge is 2.23. The van der Waals surface area contributed by atoms with E-state index in [0.29, 0.717) is 16.9 Å². The second-order valence-electron chi connectivity index (χ2n) is 7.78. The van der Waals surface area contributed by atoms with E-state index in [2.05, 4.69) is 22.3 Å². The van der Waals surface area contributed by atoms with Crippen molar-refractivity contribution in [2.75, 3.05) is 19.7 Å². The van der Waals surface area contributed by atoms with E-state index in [1.165, 1.54) is 5.56 Å². The lowest BCUT2D eigenvalue weighted by molar-refractivity contribution is -0.123. The van der Waals surface area contributed by atoms with Gasteiger partial charge in [0, 0.05) is 36.8 Å². The van der Waals surface area contributed by atoms with E-state index >= 15 is 0 Å². The minimum Gasteiger partial charge on any atom is -0.484 e. The van der Waals surface area contributed by atoms with Gasteiger partial charge in [0.1, 0.15) is 5.75 Å². The maximum absolute atomic E-state index is 12.4. The van der Waals surface area contributed by atoms with Crippen LogP contribution in [-0.2, 0) is 11.3 Å². The van der Waals surface area contributed by atoms with Crippen LogP contribution < -0.4 is 10.1 Å². The average molecular weight is 415 g/mol. The van der Waals surface area contributed by atoms with E-state index in [1.807, 2.05) is 36.4 Å². The van der Waals surface area contributed by atoms with Gasteiger partial charge in [-0.25, -0.2) is 0 Å². The van der Waals surface area contributed by atoms with Gasteiger partial charge in [-0.2, -0.15) is 0 Å². The monoisotopic (exact) mass is 414 g/mol. The number of nitrogens with one attached hydrogen (secondary N) is 1. The molecule has 1 atom stereocenters. The van der Waals surface area contributed by atoms with Crippen molar-refractivity contribution in [1.29, 1.82) is 0 Å². The second-order valence-corrected chi connectivity index (χ2v) is 7.78. The summed E-state index contributed by atoms with van der Waals surface area (Å²) < 4.78 is 5.60. The number of carbonyl (C=O) groups is 2. The van der Waals surface area contributed by atoms with E-state index in [9.17, 15) is 9.59 Å². The van der Waals surface area contributed by atoms with Gasteiger partial charge in [-0.3, -0.25) is 14.5 Å². The van der Waals surface area contributed by atoms with E-state index in [1.54, 1.807) is 36.4 Å². The van der Waals surface area contributed by atoms with Crippen LogP contribution in [0.4, 0.5) is 0 Å². The van der Waals surface area contributed by atoms with Crippen LogP contribution >= 0.6 is 0 Å². The Morgan fingerprint density at radius 3 is 2.23 bits per heavy atom. The number of likely N-dealkylation sites (tertiary alicyclic amines) is 1. The van der Waals surface area contributed by atoms with Crippen molar-refractivity contribution < 1.29 is 14.3 Å². The van der Waals surface area contributed by atoms with Gasteiger partial charge in [0.15, 0.2) is 12.4 Å². The molecule has 0 aliphatic carbocycles. The summed E-state index contributed by atoms with van der Waals surface area (Å²) in [6, 6.07) is 26.5. The first-order valence-electron chi connectivity index (χ1n) is 10.6. The van der Waals surface area contributed by atoms with Crippen LogP contribution in [0.1, 0.15) is 27.9 Å². The van der Waals surface area contributed by atoms with E-state index in [4.69, 9.17) is 4.74 Å². The molecular formula is C26H26N2O3. The summed E-state index contributed by atoms with van der Waals surface area (Å²) in [6.07, 6.45) is 0.939. The first-order valence-corrected chi connectivity index (χ1v) is 10.6. The van der Waals surface area contributed by atoms with E-state index < -0.39 is 0 Å². The topological polar surface area (TPSA) is 58.6 Å². The molecule has 5 heteroatoms. The summed E-state index contributed by atoms with van der Waals surface area (Å²) in [7, 11) is 0. The zero-order valence-electron chi connectivity index (χ0n) is 17.4. The highest BCUT2D eigenvalue weighted by molar-refractivity contribution is 6.08. The molecule has 158 valence electrons.